The first kappa shape index (κ1) is 11.4. The van der Waals surface area contributed by atoms with Crippen LogP contribution in [0.3, 0.4) is 0 Å². The van der Waals surface area contributed by atoms with Gasteiger partial charge in [0.05, 0.1) is 18.6 Å². The summed E-state index contributed by atoms with van der Waals surface area (Å²) in [4.78, 5) is 28.3. The van der Waals surface area contributed by atoms with Gasteiger partial charge in [-0.05, 0) is 19.3 Å². The molecule has 0 aromatic rings. The monoisotopic (exact) mass is 227 g/mol. The van der Waals surface area contributed by atoms with Gasteiger partial charge >= 0.3 is 5.97 Å². The Bertz CT molecular complexity index is 290. The molecule has 90 valence electrons. The summed E-state index contributed by atoms with van der Waals surface area (Å²) in [6.45, 7) is 1.15. The normalized spacial score (nSPS) is 23.6. The minimum absolute atomic E-state index is 0.0856. The number of amides is 1. The number of rotatable bonds is 3. The molecule has 1 saturated heterocycles. The number of carbonyl (C=O) groups excluding carboxylic acids is 1. The fourth-order valence-electron chi connectivity index (χ4n) is 2.54. The molecule has 0 aromatic heterocycles. The number of aliphatic carboxylic acids is 1. The summed E-state index contributed by atoms with van der Waals surface area (Å²) >= 11 is 0. The van der Waals surface area contributed by atoms with Crippen molar-refractivity contribution in [2.24, 2.45) is 5.41 Å². The van der Waals surface area contributed by atoms with Crippen molar-refractivity contribution in [3.05, 3.63) is 0 Å². The molecule has 1 aliphatic heterocycles. The molecule has 1 N–H and O–H groups in total. The SMILES string of the molecule is O=C(CC1(C(=O)O)CCCC1)N1CCCO1. The third kappa shape index (κ3) is 2.04. The van der Waals surface area contributed by atoms with Gasteiger partial charge in [0.15, 0.2) is 0 Å². The molecule has 5 nitrogen and oxygen atoms in total. The van der Waals surface area contributed by atoms with Gasteiger partial charge in [-0.3, -0.25) is 14.4 Å². The summed E-state index contributed by atoms with van der Waals surface area (Å²) in [6.07, 6.45) is 3.96. The summed E-state index contributed by atoms with van der Waals surface area (Å²) in [7, 11) is 0. The standard InChI is InChI=1S/C11H17NO4/c13-9(12-6-3-7-16-12)8-11(10(14)15)4-1-2-5-11/h1-8H2,(H,14,15). The van der Waals surface area contributed by atoms with Crippen molar-refractivity contribution in [3.63, 3.8) is 0 Å². The second kappa shape index (κ2) is 4.41. The predicted molar refractivity (Wildman–Crippen MR) is 55.4 cm³/mol. The Morgan fingerprint density at radius 3 is 2.44 bits per heavy atom. The van der Waals surface area contributed by atoms with Gasteiger partial charge in [0.2, 0.25) is 5.91 Å². The van der Waals surface area contributed by atoms with E-state index in [1.807, 2.05) is 0 Å². The molecule has 1 saturated carbocycles. The van der Waals surface area contributed by atoms with Gasteiger partial charge in [-0.25, -0.2) is 5.06 Å². The average Bonchev–Trinajstić information content (AvgIpc) is 2.88. The number of hydrogen-bond acceptors (Lipinski definition) is 3. The highest BCUT2D eigenvalue weighted by atomic mass is 16.7. The van der Waals surface area contributed by atoms with Crippen LogP contribution in [-0.4, -0.2) is 35.2 Å². The van der Waals surface area contributed by atoms with Crippen molar-refractivity contribution < 1.29 is 19.5 Å². The van der Waals surface area contributed by atoms with Gasteiger partial charge in [0, 0.05) is 6.42 Å². The zero-order chi connectivity index (χ0) is 11.6. The van der Waals surface area contributed by atoms with E-state index in [1.165, 1.54) is 5.06 Å². The van der Waals surface area contributed by atoms with E-state index in [9.17, 15) is 14.7 Å². The Balaban J connectivity index is 2.00. The topological polar surface area (TPSA) is 66.8 Å². The van der Waals surface area contributed by atoms with E-state index in [4.69, 9.17) is 4.84 Å². The maximum Gasteiger partial charge on any atom is 0.310 e. The first-order valence-electron chi connectivity index (χ1n) is 5.81. The first-order valence-corrected chi connectivity index (χ1v) is 5.81. The number of carboxylic acid groups (broad SMARTS) is 1. The molecule has 1 amide bonds. The van der Waals surface area contributed by atoms with Crippen molar-refractivity contribution in [1.29, 1.82) is 0 Å². The lowest BCUT2D eigenvalue weighted by molar-refractivity contribution is -0.174. The largest absolute Gasteiger partial charge is 0.481 e. The summed E-state index contributed by atoms with van der Waals surface area (Å²) in [6, 6.07) is 0. The number of hydroxylamine groups is 2. The lowest BCUT2D eigenvalue weighted by Gasteiger charge is -2.25. The van der Waals surface area contributed by atoms with E-state index in [1.54, 1.807) is 0 Å². The third-order valence-corrected chi connectivity index (χ3v) is 3.53. The third-order valence-electron chi connectivity index (χ3n) is 3.53. The Labute approximate surface area is 94.3 Å². The molecule has 2 rings (SSSR count). The summed E-state index contributed by atoms with van der Waals surface area (Å²) in [5.74, 6) is -1.01. The van der Waals surface area contributed by atoms with E-state index in [0.29, 0.717) is 26.0 Å². The molecule has 0 spiro atoms. The van der Waals surface area contributed by atoms with Crippen LogP contribution in [0.1, 0.15) is 38.5 Å². The van der Waals surface area contributed by atoms with Gasteiger partial charge in [0.25, 0.3) is 0 Å². The minimum Gasteiger partial charge on any atom is -0.481 e. The summed E-state index contributed by atoms with van der Waals surface area (Å²) in [5.41, 5.74) is -0.830. The van der Waals surface area contributed by atoms with Crippen LogP contribution in [0.5, 0.6) is 0 Å². The molecule has 1 aliphatic carbocycles. The molecule has 0 atom stereocenters. The predicted octanol–water partition coefficient (Wildman–Crippen LogP) is 1.19. The number of hydrogen-bond donors (Lipinski definition) is 1. The molecule has 0 aromatic carbocycles. The Kier molecular flexibility index (Phi) is 3.14. The van der Waals surface area contributed by atoms with Gasteiger partial charge in [0.1, 0.15) is 0 Å². The minimum atomic E-state index is -0.836. The molecule has 2 fully saturated rings. The lowest BCUT2D eigenvalue weighted by atomic mass is 9.82. The molecular weight excluding hydrogens is 210 g/mol. The zero-order valence-electron chi connectivity index (χ0n) is 9.28. The highest BCUT2D eigenvalue weighted by Gasteiger charge is 2.44. The quantitative estimate of drug-likeness (QED) is 0.786. The fraction of sp³-hybridized carbons (Fsp3) is 0.818. The van der Waals surface area contributed by atoms with Crippen molar-refractivity contribution in [2.75, 3.05) is 13.2 Å². The zero-order valence-corrected chi connectivity index (χ0v) is 9.28. The molecule has 1 heterocycles. The number of nitrogens with zero attached hydrogens (tertiary/aromatic N) is 1. The van der Waals surface area contributed by atoms with Crippen LogP contribution in [0, 0.1) is 5.41 Å². The maximum atomic E-state index is 11.8. The van der Waals surface area contributed by atoms with Gasteiger partial charge in [-0.15, -0.1) is 0 Å². The molecule has 16 heavy (non-hydrogen) atoms. The van der Waals surface area contributed by atoms with Crippen molar-refractivity contribution in [1.82, 2.24) is 5.06 Å². The fourth-order valence-corrected chi connectivity index (χ4v) is 2.54. The maximum absolute atomic E-state index is 11.8. The summed E-state index contributed by atoms with van der Waals surface area (Å²) in [5, 5.41) is 10.6. The van der Waals surface area contributed by atoms with Crippen LogP contribution >= 0.6 is 0 Å². The van der Waals surface area contributed by atoms with E-state index in [2.05, 4.69) is 0 Å². The number of carbonyl (C=O) groups is 2. The number of carboxylic acids is 1. The highest BCUT2D eigenvalue weighted by Crippen LogP contribution is 2.41. The Hall–Kier alpha value is -1.10. The van der Waals surface area contributed by atoms with Crippen LogP contribution in [0.15, 0.2) is 0 Å². The lowest BCUT2D eigenvalue weighted by Crippen LogP contribution is -2.36. The van der Waals surface area contributed by atoms with E-state index in [-0.39, 0.29) is 12.3 Å². The van der Waals surface area contributed by atoms with Crippen LogP contribution in [0.25, 0.3) is 0 Å². The van der Waals surface area contributed by atoms with Gasteiger partial charge < -0.3 is 5.11 Å². The highest BCUT2D eigenvalue weighted by molar-refractivity contribution is 5.84. The molecule has 0 radical (unpaired) electrons. The second-order valence-corrected chi connectivity index (χ2v) is 4.65. The van der Waals surface area contributed by atoms with Crippen molar-refractivity contribution in [2.45, 2.75) is 38.5 Å². The molecular formula is C11H17NO4. The van der Waals surface area contributed by atoms with E-state index in [0.717, 1.165) is 19.3 Å². The van der Waals surface area contributed by atoms with E-state index < -0.39 is 11.4 Å². The molecule has 0 bridgehead atoms. The van der Waals surface area contributed by atoms with Crippen molar-refractivity contribution in [3.8, 4) is 0 Å². The average molecular weight is 227 g/mol. The van der Waals surface area contributed by atoms with Crippen LogP contribution in [-0.2, 0) is 14.4 Å². The van der Waals surface area contributed by atoms with Crippen LogP contribution in [0.4, 0.5) is 0 Å². The van der Waals surface area contributed by atoms with Gasteiger partial charge in [-0.2, -0.15) is 0 Å². The van der Waals surface area contributed by atoms with Gasteiger partial charge in [-0.1, -0.05) is 12.8 Å². The van der Waals surface area contributed by atoms with Crippen LogP contribution in [0.2, 0.25) is 0 Å². The summed E-state index contributed by atoms with van der Waals surface area (Å²) < 4.78 is 0. The second-order valence-electron chi connectivity index (χ2n) is 4.65. The van der Waals surface area contributed by atoms with E-state index >= 15 is 0 Å². The first-order chi connectivity index (χ1) is 7.64. The van der Waals surface area contributed by atoms with Crippen molar-refractivity contribution >= 4 is 11.9 Å². The Morgan fingerprint density at radius 2 is 1.94 bits per heavy atom. The molecule has 2 aliphatic rings. The molecule has 0 unspecified atom stereocenters. The Morgan fingerprint density at radius 1 is 1.25 bits per heavy atom. The molecule has 5 heteroatoms. The smallest absolute Gasteiger partial charge is 0.310 e. The van der Waals surface area contributed by atoms with Crippen LogP contribution < -0.4 is 0 Å².